The Morgan fingerprint density at radius 1 is 1.35 bits per heavy atom. The Labute approximate surface area is 120 Å². The molecule has 108 valence electrons. The predicted octanol–water partition coefficient (Wildman–Crippen LogP) is 0.996. The number of benzene rings is 1. The molecule has 4 nitrogen and oxygen atoms in total. The highest BCUT2D eigenvalue weighted by Crippen LogP contribution is 2.23. The molecule has 1 aromatic carbocycles. The average molecular weight is 275 g/mol. The molecule has 0 amide bonds. The molecule has 0 aliphatic carbocycles. The molecule has 1 fully saturated rings. The van der Waals surface area contributed by atoms with Crippen molar-refractivity contribution in [1.29, 1.82) is 0 Å². The van der Waals surface area contributed by atoms with Gasteiger partial charge in [0.1, 0.15) is 12.4 Å². The van der Waals surface area contributed by atoms with Gasteiger partial charge in [-0.1, -0.05) is 11.8 Å². The molecule has 1 aliphatic heterocycles. The summed E-state index contributed by atoms with van der Waals surface area (Å²) in [6.45, 7) is 2.46. The maximum absolute atomic E-state index is 9.54. The second kappa shape index (κ2) is 7.30. The lowest BCUT2D eigenvalue weighted by molar-refractivity contribution is 0.0789. The van der Waals surface area contributed by atoms with Gasteiger partial charge in [0.25, 0.3) is 0 Å². The number of likely N-dealkylation sites (tertiary alicyclic amines) is 1. The summed E-state index contributed by atoms with van der Waals surface area (Å²) < 4.78 is 5.39. The van der Waals surface area contributed by atoms with Crippen LogP contribution in [0.5, 0.6) is 5.75 Å². The SMILES string of the molecule is COc1ccc(C#CCO)cc1CN1CCC(O)CC1. The van der Waals surface area contributed by atoms with E-state index in [-0.39, 0.29) is 12.7 Å². The van der Waals surface area contributed by atoms with Crippen LogP contribution in [0, 0.1) is 11.8 Å². The molecular weight excluding hydrogens is 254 g/mol. The van der Waals surface area contributed by atoms with Crippen LogP contribution in [0.2, 0.25) is 0 Å². The Balaban J connectivity index is 2.11. The summed E-state index contributed by atoms with van der Waals surface area (Å²) in [7, 11) is 1.66. The van der Waals surface area contributed by atoms with Crippen LogP contribution in [-0.2, 0) is 6.54 Å². The van der Waals surface area contributed by atoms with E-state index in [0.29, 0.717) is 0 Å². The Morgan fingerprint density at radius 3 is 2.75 bits per heavy atom. The number of aliphatic hydroxyl groups is 2. The van der Waals surface area contributed by atoms with E-state index in [9.17, 15) is 5.11 Å². The fourth-order valence-electron chi connectivity index (χ4n) is 2.44. The van der Waals surface area contributed by atoms with Crippen molar-refractivity contribution in [3.63, 3.8) is 0 Å². The third-order valence-corrected chi connectivity index (χ3v) is 3.54. The number of piperidine rings is 1. The van der Waals surface area contributed by atoms with Crippen molar-refractivity contribution in [2.24, 2.45) is 0 Å². The summed E-state index contributed by atoms with van der Waals surface area (Å²) in [5.74, 6) is 6.43. The number of rotatable bonds is 3. The zero-order valence-electron chi connectivity index (χ0n) is 11.8. The second-order valence-corrected chi connectivity index (χ2v) is 4.99. The zero-order chi connectivity index (χ0) is 14.4. The van der Waals surface area contributed by atoms with Gasteiger partial charge >= 0.3 is 0 Å². The fraction of sp³-hybridized carbons (Fsp3) is 0.500. The van der Waals surface area contributed by atoms with Gasteiger partial charge in [0.2, 0.25) is 0 Å². The van der Waals surface area contributed by atoms with Crippen molar-refractivity contribution >= 4 is 0 Å². The van der Waals surface area contributed by atoms with Crippen LogP contribution in [0.4, 0.5) is 0 Å². The van der Waals surface area contributed by atoms with Gasteiger partial charge in [-0.05, 0) is 31.0 Å². The maximum Gasteiger partial charge on any atom is 0.123 e. The fourth-order valence-corrected chi connectivity index (χ4v) is 2.44. The Hall–Kier alpha value is -1.54. The molecule has 1 aliphatic rings. The molecule has 2 rings (SSSR count). The molecular formula is C16H21NO3. The summed E-state index contributed by atoms with van der Waals surface area (Å²) >= 11 is 0. The number of methoxy groups -OCH3 is 1. The van der Waals surface area contributed by atoms with Gasteiger partial charge in [0, 0.05) is 30.8 Å². The minimum absolute atomic E-state index is 0.134. The van der Waals surface area contributed by atoms with Crippen LogP contribution in [0.15, 0.2) is 18.2 Å². The molecule has 4 heteroatoms. The first-order valence-corrected chi connectivity index (χ1v) is 6.90. The van der Waals surface area contributed by atoms with E-state index in [4.69, 9.17) is 9.84 Å². The summed E-state index contributed by atoms with van der Waals surface area (Å²) in [4.78, 5) is 2.31. The van der Waals surface area contributed by atoms with Crippen molar-refractivity contribution in [2.75, 3.05) is 26.8 Å². The van der Waals surface area contributed by atoms with Crippen molar-refractivity contribution < 1.29 is 14.9 Å². The molecule has 1 saturated heterocycles. The quantitative estimate of drug-likeness (QED) is 0.808. The molecule has 2 N–H and O–H groups in total. The normalized spacial score (nSPS) is 16.6. The monoisotopic (exact) mass is 275 g/mol. The van der Waals surface area contributed by atoms with Gasteiger partial charge in [-0.25, -0.2) is 0 Å². The topological polar surface area (TPSA) is 52.9 Å². The Morgan fingerprint density at radius 2 is 2.10 bits per heavy atom. The van der Waals surface area contributed by atoms with Gasteiger partial charge in [-0.2, -0.15) is 0 Å². The van der Waals surface area contributed by atoms with E-state index in [1.807, 2.05) is 18.2 Å². The molecule has 20 heavy (non-hydrogen) atoms. The molecule has 0 atom stereocenters. The molecule has 0 spiro atoms. The van der Waals surface area contributed by atoms with E-state index in [1.165, 1.54) is 0 Å². The van der Waals surface area contributed by atoms with E-state index < -0.39 is 0 Å². The first-order valence-electron chi connectivity index (χ1n) is 6.90. The Kier molecular flexibility index (Phi) is 5.42. The van der Waals surface area contributed by atoms with Crippen LogP contribution < -0.4 is 4.74 Å². The third kappa shape index (κ3) is 3.97. The highest BCUT2D eigenvalue weighted by Gasteiger charge is 2.18. The van der Waals surface area contributed by atoms with Crippen LogP contribution in [0.25, 0.3) is 0 Å². The average Bonchev–Trinajstić information content (AvgIpc) is 2.48. The number of nitrogens with zero attached hydrogens (tertiary/aromatic N) is 1. The molecule has 0 unspecified atom stereocenters. The van der Waals surface area contributed by atoms with E-state index in [2.05, 4.69) is 16.7 Å². The lowest BCUT2D eigenvalue weighted by Gasteiger charge is -2.29. The lowest BCUT2D eigenvalue weighted by Crippen LogP contribution is -2.35. The smallest absolute Gasteiger partial charge is 0.123 e. The molecule has 0 aromatic heterocycles. The van der Waals surface area contributed by atoms with Gasteiger partial charge in [0.15, 0.2) is 0 Å². The number of ether oxygens (including phenoxy) is 1. The molecule has 0 bridgehead atoms. The molecule has 0 radical (unpaired) electrons. The van der Waals surface area contributed by atoms with Gasteiger partial charge in [-0.15, -0.1) is 0 Å². The predicted molar refractivity (Wildman–Crippen MR) is 77.5 cm³/mol. The third-order valence-electron chi connectivity index (χ3n) is 3.54. The number of hydrogen-bond acceptors (Lipinski definition) is 4. The Bertz CT molecular complexity index is 496. The van der Waals surface area contributed by atoms with Gasteiger partial charge < -0.3 is 14.9 Å². The lowest BCUT2D eigenvalue weighted by atomic mass is 10.1. The first kappa shape index (κ1) is 14.9. The van der Waals surface area contributed by atoms with Crippen molar-refractivity contribution in [3.05, 3.63) is 29.3 Å². The minimum atomic E-state index is -0.157. The molecule has 0 saturated carbocycles. The van der Waals surface area contributed by atoms with E-state index >= 15 is 0 Å². The summed E-state index contributed by atoms with van der Waals surface area (Å²) in [5, 5.41) is 18.3. The standard InChI is InChI=1S/C16H21NO3/c1-20-16-5-4-13(3-2-10-18)11-14(16)12-17-8-6-15(19)7-9-17/h4-5,11,15,18-19H,6-10,12H2,1H3. The summed E-state index contributed by atoms with van der Waals surface area (Å²) in [5.41, 5.74) is 1.97. The molecule has 1 heterocycles. The van der Waals surface area contributed by atoms with Crippen molar-refractivity contribution in [3.8, 4) is 17.6 Å². The van der Waals surface area contributed by atoms with Gasteiger partial charge in [-0.3, -0.25) is 4.90 Å². The van der Waals surface area contributed by atoms with Crippen LogP contribution in [-0.4, -0.2) is 48.0 Å². The summed E-state index contributed by atoms with van der Waals surface area (Å²) in [6, 6.07) is 5.81. The zero-order valence-corrected chi connectivity index (χ0v) is 11.8. The van der Waals surface area contributed by atoms with E-state index in [1.54, 1.807) is 7.11 Å². The number of aliphatic hydroxyl groups excluding tert-OH is 2. The van der Waals surface area contributed by atoms with E-state index in [0.717, 1.165) is 49.4 Å². The van der Waals surface area contributed by atoms with Crippen LogP contribution >= 0.6 is 0 Å². The van der Waals surface area contributed by atoms with Crippen LogP contribution in [0.3, 0.4) is 0 Å². The largest absolute Gasteiger partial charge is 0.496 e. The number of hydrogen-bond donors (Lipinski definition) is 2. The maximum atomic E-state index is 9.54. The minimum Gasteiger partial charge on any atom is -0.496 e. The van der Waals surface area contributed by atoms with Crippen molar-refractivity contribution in [1.82, 2.24) is 4.90 Å². The summed E-state index contributed by atoms with van der Waals surface area (Å²) in [6.07, 6.45) is 1.49. The van der Waals surface area contributed by atoms with Gasteiger partial charge in [0.05, 0.1) is 13.2 Å². The molecule has 1 aromatic rings. The highest BCUT2D eigenvalue weighted by atomic mass is 16.5. The first-order chi connectivity index (χ1) is 9.72. The van der Waals surface area contributed by atoms with Crippen molar-refractivity contribution in [2.45, 2.75) is 25.5 Å². The second-order valence-electron chi connectivity index (χ2n) is 4.99. The highest BCUT2D eigenvalue weighted by molar-refractivity contribution is 5.44. The van der Waals surface area contributed by atoms with Crippen LogP contribution in [0.1, 0.15) is 24.0 Å².